The van der Waals surface area contributed by atoms with Gasteiger partial charge in [0.15, 0.2) is 0 Å². The smallest absolute Gasteiger partial charge is 0.408 e. The van der Waals surface area contributed by atoms with E-state index >= 15 is 0 Å². The number of ether oxygens (including phenoxy) is 2. The molecule has 2 aromatic carbocycles. The molecule has 0 aliphatic rings. The quantitative estimate of drug-likeness (QED) is 0.578. The lowest BCUT2D eigenvalue weighted by atomic mass is 10.2. The third-order valence-electron chi connectivity index (χ3n) is 3.85. The van der Waals surface area contributed by atoms with Crippen molar-refractivity contribution in [3.63, 3.8) is 0 Å². The lowest BCUT2D eigenvalue weighted by molar-refractivity contribution is -0.141. The standard InChI is InChI=1S/C21H24N2O5S/c1-27-19(24)12-22-20(25)18(15-29-14-17-10-6-3-7-11-17)23-21(26)28-13-16-8-4-2-5-9-16/h2-11,18H,12-15H2,1H3,(H,22,25)(H,23,26)/t18-/m0/s1. The fourth-order valence-corrected chi connectivity index (χ4v) is 3.33. The van der Waals surface area contributed by atoms with Gasteiger partial charge in [0, 0.05) is 11.5 Å². The second-order valence-corrected chi connectivity index (χ2v) is 7.08. The summed E-state index contributed by atoms with van der Waals surface area (Å²) in [5.41, 5.74) is 1.95. The Labute approximate surface area is 174 Å². The van der Waals surface area contributed by atoms with E-state index in [1.165, 1.54) is 18.9 Å². The van der Waals surface area contributed by atoms with Crippen molar-refractivity contribution in [3.8, 4) is 0 Å². The maximum atomic E-state index is 12.4. The number of alkyl carbamates (subject to hydrolysis) is 1. The predicted molar refractivity (Wildman–Crippen MR) is 111 cm³/mol. The fourth-order valence-electron chi connectivity index (χ4n) is 2.31. The minimum Gasteiger partial charge on any atom is -0.468 e. The van der Waals surface area contributed by atoms with Crippen LogP contribution in [0.4, 0.5) is 4.79 Å². The van der Waals surface area contributed by atoms with E-state index in [1.807, 2.05) is 60.7 Å². The van der Waals surface area contributed by atoms with Crippen LogP contribution in [0.3, 0.4) is 0 Å². The van der Waals surface area contributed by atoms with Gasteiger partial charge in [0.25, 0.3) is 0 Å². The number of rotatable bonds is 10. The fraction of sp³-hybridized carbons (Fsp3) is 0.286. The van der Waals surface area contributed by atoms with Crippen LogP contribution in [0.2, 0.25) is 0 Å². The number of thioether (sulfide) groups is 1. The van der Waals surface area contributed by atoms with Crippen LogP contribution in [0.5, 0.6) is 0 Å². The van der Waals surface area contributed by atoms with E-state index in [2.05, 4.69) is 15.4 Å². The number of nitrogens with one attached hydrogen (secondary N) is 2. The first-order chi connectivity index (χ1) is 14.1. The third kappa shape index (κ3) is 8.69. The summed E-state index contributed by atoms with van der Waals surface area (Å²) in [6, 6.07) is 18.2. The molecule has 0 aliphatic carbocycles. The van der Waals surface area contributed by atoms with E-state index in [1.54, 1.807) is 0 Å². The predicted octanol–water partition coefficient (Wildman–Crippen LogP) is 2.50. The van der Waals surface area contributed by atoms with E-state index in [4.69, 9.17) is 4.74 Å². The van der Waals surface area contributed by atoms with E-state index in [-0.39, 0.29) is 13.2 Å². The zero-order valence-electron chi connectivity index (χ0n) is 16.1. The molecular formula is C21H24N2O5S. The summed E-state index contributed by atoms with van der Waals surface area (Å²) < 4.78 is 9.71. The number of esters is 1. The number of benzene rings is 2. The molecule has 0 heterocycles. The summed E-state index contributed by atoms with van der Waals surface area (Å²) in [5, 5.41) is 5.03. The molecule has 0 bridgehead atoms. The van der Waals surface area contributed by atoms with Gasteiger partial charge >= 0.3 is 12.1 Å². The van der Waals surface area contributed by atoms with Crippen molar-refractivity contribution in [1.29, 1.82) is 0 Å². The lowest BCUT2D eigenvalue weighted by Crippen LogP contribution is -2.49. The monoisotopic (exact) mass is 416 g/mol. The first kappa shape index (κ1) is 22.3. The van der Waals surface area contributed by atoms with E-state index < -0.39 is 24.0 Å². The van der Waals surface area contributed by atoms with Gasteiger partial charge in [0.05, 0.1) is 7.11 Å². The van der Waals surface area contributed by atoms with Gasteiger partial charge in [-0.2, -0.15) is 11.8 Å². The van der Waals surface area contributed by atoms with Crippen molar-refractivity contribution >= 4 is 29.7 Å². The first-order valence-corrected chi connectivity index (χ1v) is 10.2. The van der Waals surface area contributed by atoms with Gasteiger partial charge in [-0.3, -0.25) is 9.59 Å². The highest BCUT2D eigenvalue weighted by molar-refractivity contribution is 7.98. The number of carbonyl (C=O) groups is 3. The van der Waals surface area contributed by atoms with Crippen LogP contribution >= 0.6 is 11.8 Å². The van der Waals surface area contributed by atoms with E-state index in [0.717, 1.165) is 11.1 Å². The molecule has 0 aromatic heterocycles. The molecule has 7 nitrogen and oxygen atoms in total. The molecule has 8 heteroatoms. The Morgan fingerprint density at radius 1 is 0.966 bits per heavy atom. The molecule has 0 aliphatic heterocycles. The lowest BCUT2D eigenvalue weighted by Gasteiger charge is -2.18. The van der Waals surface area contributed by atoms with E-state index in [9.17, 15) is 14.4 Å². The summed E-state index contributed by atoms with van der Waals surface area (Å²) >= 11 is 1.49. The summed E-state index contributed by atoms with van der Waals surface area (Å²) in [6.45, 7) is -0.170. The van der Waals surface area contributed by atoms with Gasteiger partial charge in [0.1, 0.15) is 19.2 Å². The molecule has 0 unspecified atom stereocenters. The summed E-state index contributed by atoms with van der Waals surface area (Å²) in [4.78, 5) is 35.8. The van der Waals surface area contributed by atoms with Crippen molar-refractivity contribution in [2.45, 2.75) is 18.4 Å². The molecule has 1 atom stereocenters. The molecule has 154 valence electrons. The van der Waals surface area contributed by atoms with Gasteiger partial charge in [-0.1, -0.05) is 60.7 Å². The van der Waals surface area contributed by atoms with Crippen LogP contribution in [0.15, 0.2) is 60.7 Å². The Kier molecular flexibility index (Phi) is 9.57. The Morgan fingerprint density at radius 2 is 1.59 bits per heavy atom. The minimum atomic E-state index is -0.850. The zero-order chi connectivity index (χ0) is 20.9. The van der Waals surface area contributed by atoms with Gasteiger partial charge in [-0.05, 0) is 11.1 Å². The second kappa shape index (κ2) is 12.5. The minimum absolute atomic E-state index is 0.0976. The molecule has 2 amide bonds. The molecule has 29 heavy (non-hydrogen) atoms. The van der Waals surface area contributed by atoms with Crippen LogP contribution in [0.1, 0.15) is 11.1 Å². The van der Waals surface area contributed by atoms with Gasteiger partial charge in [-0.25, -0.2) is 4.79 Å². The maximum absolute atomic E-state index is 12.4. The van der Waals surface area contributed by atoms with Crippen molar-refractivity contribution in [1.82, 2.24) is 10.6 Å². The Morgan fingerprint density at radius 3 is 2.21 bits per heavy atom. The van der Waals surface area contributed by atoms with Crippen molar-refractivity contribution in [2.75, 3.05) is 19.4 Å². The van der Waals surface area contributed by atoms with Crippen LogP contribution in [0, 0.1) is 0 Å². The normalized spacial score (nSPS) is 11.2. The highest BCUT2D eigenvalue weighted by Crippen LogP contribution is 2.13. The Balaban J connectivity index is 1.88. The number of amides is 2. The third-order valence-corrected chi connectivity index (χ3v) is 4.96. The second-order valence-electron chi connectivity index (χ2n) is 6.05. The maximum Gasteiger partial charge on any atom is 0.408 e. The molecule has 2 rings (SSSR count). The van der Waals surface area contributed by atoms with Crippen molar-refractivity contribution in [3.05, 3.63) is 71.8 Å². The summed E-state index contributed by atoms with van der Waals surface area (Å²) in [5.74, 6) is -0.0432. The molecular weight excluding hydrogens is 392 g/mol. The number of methoxy groups -OCH3 is 1. The Hall–Kier alpha value is -3.00. The van der Waals surface area contributed by atoms with Crippen molar-refractivity contribution < 1.29 is 23.9 Å². The average Bonchev–Trinajstić information content (AvgIpc) is 2.76. The van der Waals surface area contributed by atoms with Crippen LogP contribution < -0.4 is 10.6 Å². The Bertz CT molecular complexity index is 786. The van der Waals surface area contributed by atoms with Crippen molar-refractivity contribution in [2.24, 2.45) is 0 Å². The van der Waals surface area contributed by atoms with Gasteiger partial charge in [0.2, 0.25) is 5.91 Å². The van der Waals surface area contributed by atoms with Gasteiger partial charge in [-0.15, -0.1) is 0 Å². The highest BCUT2D eigenvalue weighted by Gasteiger charge is 2.22. The van der Waals surface area contributed by atoms with Gasteiger partial charge < -0.3 is 20.1 Å². The highest BCUT2D eigenvalue weighted by atomic mass is 32.2. The zero-order valence-corrected chi connectivity index (χ0v) is 16.9. The molecule has 2 aromatic rings. The number of hydrogen-bond acceptors (Lipinski definition) is 6. The molecule has 0 spiro atoms. The van der Waals surface area contributed by atoms with Crippen LogP contribution in [-0.4, -0.2) is 43.4 Å². The van der Waals surface area contributed by atoms with Crippen LogP contribution in [-0.2, 0) is 31.4 Å². The number of hydrogen-bond donors (Lipinski definition) is 2. The summed E-state index contributed by atoms with van der Waals surface area (Å²) in [6.07, 6.45) is -0.701. The topological polar surface area (TPSA) is 93.7 Å². The molecule has 0 radical (unpaired) electrons. The molecule has 0 saturated heterocycles. The van der Waals surface area contributed by atoms with E-state index in [0.29, 0.717) is 11.5 Å². The molecule has 0 saturated carbocycles. The largest absolute Gasteiger partial charge is 0.468 e. The SMILES string of the molecule is COC(=O)CNC(=O)[C@H](CSCc1ccccc1)NC(=O)OCc1ccccc1. The number of carbonyl (C=O) groups excluding carboxylic acids is 3. The van der Waals surface area contributed by atoms with Crippen LogP contribution in [0.25, 0.3) is 0 Å². The first-order valence-electron chi connectivity index (χ1n) is 9.02. The summed E-state index contributed by atoms with van der Waals surface area (Å²) in [7, 11) is 1.24. The molecule has 2 N–H and O–H groups in total. The average molecular weight is 416 g/mol. The molecule has 0 fully saturated rings.